The number of aliphatic hydroxyl groups is 1. The van der Waals surface area contributed by atoms with Crippen LogP contribution in [0.4, 0.5) is 0 Å². The van der Waals surface area contributed by atoms with Crippen LogP contribution < -0.4 is 5.32 Å². The van der Waals surface area contributed by atoms with E-state index < -0.39 is 0 Å². The first-order chi connectivity index (χ1) is 6.31. The smallest absolute Gasteiger partial charge is 0.0897 e. The Morgan fingerprint density at radius 1 is 1.31 bits per heavy atom. The normalized spacial score (nSPS) is 13.2. The van der Waals surface area contributed by atoms with Gasteiger partial charge in [-0.3, -0.25) is 0 Å². The molecule has 2 N–H and O–H groups in total. The van der Waals surface area contributed by atoms with Crippen molar-refractivity contribution in [3.8, 4) is 0 Å². The fourth-order valence-electron chi connectivity index (χ4n) is 1.04. The first kappa shape index (κ1) is 12.9. The van der Waals surface area contributed by atoms with Gasteiger partial charge < -0.3 is 15.2 Å². The number of nitrogens with one attached hydrogen (secondary N) is 1. The SMILES string of the molecule is CCCCCOCC(O)CNCC. The highest BCUT2D eigenvalue weighted by atomic mass is 16.5. The molecule has 0 heterocycles. The molecule has 80 valence electrons. The number of likely N-dealkylation sites (N-methyl/N-ethyl adjacent to an activating group) is 1. The van der Waals surface area contributed by atoms with Crippen LogP contribution in [0.3, 0.4) is 0 Å². The monoisotopic (exact) mass is 189 g/mol. The highest BCUT2D eigenvalue weighted by Gasteiger charge is 2.01. The molecule has 1 atom stereocenters. The van der Waals surface area contributed by atoms with Gasteiger partial charge >= 0.3 is 0 Å². The Kier molecular flexibility index (Phi) is 9.87. The third-order valence-corrected chi connectivity index (χ3v) is 1.83. The zero-order valence-electron chi connectivity index (χ0n) is 8.88. The summed E-state index contributed by atoms with van der Waals surface area (Å²) in [4.78, 5) is 0. The van der Waals surface area contributed by atoms with E-state index in [-0.39, 0.29) is 6.10 Å². The molecule has 0 aliphatic heterocycles. The lowest BCUT2D eigenvalue weighted by Crippen LogP contribution is -2.30. The van der Waals surface area contributed by atoms with E-state index in [1.807, 2.05) is 6.92 Å². The van der Waals surface area contributed by atoms with E-state index >= 15 is 0 Å². The average Bonchev–Trinajstić information content (AvgIpc) is 2.14. The largest absolute Gasteiger partial charge is 0.389 e. The van der Waals surface area contributed by atoms with E-state index in [4.69, 9.17) is 4.74 Å². The second-order valence-electron chi connectivity index (χ2n) is 3.24. The lowest BCUT2D eigenvalue weighted by molar-refractivity contribution is 0.0358. The van der Waals surface area contributed by atoms with Crippen molar-refractivity contribution in [2.75, 3.05) is 26.3 Å². The summed E-state index contributed by atoms with van der Waals surface area (Å²) in [6.07, 6.45) is 3.17. The zero-order valence-corrected chi connectivity index (χ0v) is 8.88. The summed E-state index contributed by atoms with van der Waals surface area (Å²) in [6.45, 7) is 6.94. The van der Waals surface area contributed by atoms with Crippen molar-refractivity contribution in [1.82, 2.24) is 5.32 Å². The van der Waals surface area contributed by atoms with Crippen molar-refractivity contribution in [1.29, 1.82) is 0 Å². The van der Waals surface area contributed by atoms with Crippen LogP contribution in [0.1, 0.15) is 33.1 Å². The highest BCUT2D eigenvalue weighted by molar-refractivity contribution is 4.56. The highest BCUT2D eigenvalue weighted by Crippen LogP contribution is 1.94. The average molecular weight is 189 g/mol. The zero-order chi connectivity index (χ0) is 9.94. The Balaban J connectivity index is 3.03. The Morgan fingerprint density at radius 3 is 2.69 bits per heavy atom. The third kappa shape index (κ3) is 9.80. The summed E-state index contributed by atoms with van der Waals surface area (Å²) in [5.74, 6) is 0. The van der Waals surface area contributed by atoms with Crippen molar-refractivity contribution in [2.24, 2.45) is 0 Å². The molecule has 0 spiro atoms. The molecule has 0 saturated heterocycles. The number of unbranched alkanes of at least 4 members (excludes halogenated alkanes) is 2. The molecule has 0 radical (unpaired) electrons. The molecule has 0 aromatic carbocycles. The van der Waals surface area contributed by atoms with Gasteiger partial charge in [0.1, 0.15) is 0 Å². The van der Waals surface area contributed by atoms with Gasteiger partial charge in [-0.05, 0) is 13.0 Å². The maximum absolute atomic E-state index is 9.35. The van der Waals surface area contributed by atoms with E-state index in [1.165, 1.54) is 12.8 Å². The molecule has 1 unspecified atom stereocenters. The molecule has 0 bridgehead atoms. The van der Waals surface area contributed by atoms with Crippen LogP contribution in [-0.4, -0.2) is 37.5 Å². The summed E-state index contributed by atoms with van der Waals surface area (Å²) >= 11 is 0. The fourth-order valence-corrected chi connectivity index (χ4v) is 1.04. The van der Waals surface area contributed by atoms with Crippen LogP contribution in [0.2, 0.25) is 0 Å². The Labute approximate surface area is 81.5 Å². The lowest BCUT2D eigenvalue weighted by atomic mass is 10.3. The first-order valence-corrected chi connectivity index (χ1v) is 5.27. The Hall–Kier alpha value is -0.120. The van der Waals surface area contributed by atoms with Crippen molar-refractivity contribution < 1.29 is 9.84 Å². The summed E-state index contributed by atoms with van der Waals surface area (Å²) in [7, 11) is 0. The molecule has 0 aromatic heterocycles. The summed E-state index contributed by atoms with van der Waals surface area (Å²) in [5.41, 5.74) is 0. The Morgan fingerprint density at radius 2 is 2.08 bits per heavy atom. The van der Waals surface area contributed by atoms with Crippen molar-refractivity contribution in [3.63, 3.8) is 0 Å². The van der Waals surface area contributed by atoms with E-state index in [0.717, 1.165) is 19.6 Å². The van der Waals surface area contributed by atoms with Crippen molar-refractivity contribution >= 4 is 0 Å². The Bertz CT molecular complexity index is 98.9. The molecule has 0 aliphatic rings. The van der Waals surface area contributed by atoms with Gasteiger partial charge in [-0.2, -0.15) is 0 Å². The number of hydrogen-bond donors (Lipinski definition) is 2. The minimum absolute atomic E-state index is 0.360. The number of hydrogen-bond acceptors (Lipinski definition) is 3. The topological polar surface area (TPSA) is 41.5 Å². The second-order valence-corrected chi connectivity index (χ2v) is 3.24. The van der Waals surface area contributed by atoms with E-state index in [0.29, 0.717) is 13.2 Å². The maximum atomic E-state index is 9.35. The van der Waals surface area contributed by atoms with Crippen LogP contribution in [0.15, 0.2) is 0 Å². The molecule has 3 nitrogen and oxygen atoms in total. The molecule has 0 amide bonds. The predicted molar refractivity (Wildman–Crippen MR) is 54.9 cm³/mol. The third-order valence-electron chi connectivity index (χ3n) is 1.83. The van der Waals surface area contributed by atoms with Gasteiger partial charge in [0.05, 0.1) is 12.7 Å². The minimum atomic E-state index is -0.360. The fraction of sp³-hybridized carbons (Fsp3) is 1.00. The summed E-state index contributed by atoms with van der Waals surface area (Å²) < 4.78 is 5.30. The van der Waals surface area contributed by atoms with Gasteiger partial charge in [0.15, 0.2) is 0 Å². The molecule has 0 aromatic rings. The van der Waals surface area contributed by atoms with Crippen LogP contribution in [0, 0.1) is 0 Å². The van der Waals surface area contributed by atoms with Gasteiger partial charge in [0.2, 0.25) is 0 Å². The lowest BCUT2D eigenvalue weighted by Gasteiger charge is -2.11. The molecule has 3 heteroatoms. The maximum Gasteiger partial charge on any atom is 0.0897 e. The molecule has 0 fully saturated rings. The molecule has 13 heavy (non-hydrogen) atoms. The number of rotatable bonds is 9. The quantitative estimate of drug-likeness (QED) is 0.535. The van der Waals surface area contributed by atoms with Crippen LogP contribution >= 0.6 is 0 Å². The van der Waals surface area contributed by atoms with Crippen LogP contribution in [-0.2, 0) is 4.74 Å². The molecule has 0 saturated carbocycles. The summed E-state index contributed by atoms with van der Waals surface area (Å²) in [5, 5.41) is 12.4. The van der Waals surface area contributed by atoms with Crippen molar-refractivity contribution in [3.05, 3.63) is 0 Å². The van der Waals surface area contributed by atoms with Gasteiger partial charge in [-0.15, -0.1) is 0 Å². The molecule has 0 aliphatic carbocycles. The predicted octanol–water partition coefficient (Wildman–Crippen LogP) is 1.16. The molecule has 0 rings (SSSR count). The van der Waals surface area contributed by atoms with Crippen LogP contribution in [0.25, 0.3) is 0 Å². The standard InChI is InChI=1S/C10H23NO2/c1-3-5-6-7-13-9-10(12)8-11-4-2/h10-12H,3-9H2,1-2H3. The minimum Gasteiger partial charge on any atom is -0.389 e. The first-order valence-electron chi connectivity index (χ1n) is 5.27. The van der Waals surface area contributed by atoms with E-state index in [1.54, 1.807) is 0 Å². The molecular formula is C10H23NO2. The van der Waals surface area contributed by atoms with Crippen molar-refractivity contribution in [2.45, 2.75) is 39.2 Å². The van der Waals surface area contributed by atoms with E-state index in [2.05, 4.69) is 12.2 Å². The van der Waals surface area contributed by atoms with Crippen LogP contribution in [0.5, 0.6) is 0 Å². The second kappa shape index (κ2) is 9.96. The van der Waals surface area contributed by atoms with E-state index in [9.17, 15) is 5.11 Å². The number of ether oxygens (including phenoxy) is 1. The van der Waals surface area contributed by atoms with Gasteiger partial charge in [-0.1, -0.05) is 26.7 Å². The van der Waals surface area contributed by atoms with Gasteiger partial charge in [-0.25, -0.2) is 0 Å². The van der Waals surface area contributed by atoms with Gasteiger partial charge in [0.25, 0.3) is 0 Å². The molecular weight excluding hydrogens is 166 g/mol. The number of aliphatic hydroxyl groups excluding tert-OH is 1. The van der Waals surface area contributed by atoms with Gasteiger partial charge in [0, 0.05) is 13.2 Å². The summed E-state index contributed by atoms with van der Waals surface area (Å²) in [6, 6.07) is 0.